The average molecular weight is 527 g/mol. The maximum Gasteiger partial charge on any atom is 0.328 e. The van der Waals surface area contributed by atoms with Crippen molar-refractivity contribution in [3.05, 3.63) is 89.5 Å². The quantitative estimate of drug-likeness (QED) is 0.308. The number of carboxylic acid groups (broad SMARTS) is 1. The van der Waals surface area contributed by atoms with Crippen LogP contribution in [0.5, 0.6) is 5.75 Å². The highest BCUT2D eigenvalue weighted by Crippen LogP contribution is 2.62. The number of benzene rings is 3. The summed E-state index contributed by atoms with van der Waals surface area (Å²) in [6.07, 6.45) is 7.65. The Morgan fingerprint density at radius 3 is 2.39 bits per heavy atom. The van der Waals surface area contributed by atoms with Crippen molar-refractivity contribution >= 4 is 23.8 Å². The zero-order valence-corrected chi connectivity index (χ0v) is 22.4. The molecule has 0 amide bonds. The number of aliphatic carboxylic acids is 1. The van der Waals surface area contributed by atoms with Gasteiger partial charge in [0.2, 0.25) is 0 Å². The van der Waals surface area contributed by atoms with Crippen molar-refractivity contribution < 1.29 is 20.1 Å². The summed E-state index contributed by atoms with van der Waals surface area (Å²) in [6, 6.07) is 22.6. The molecule has 2 saturated carbocycles. The molecule has 4 nitrogen and oxygen atoms in total. The fraction of sp³-hybridized carbons (Fsp3) is 0.364. The van der Waals surface area contributed by atoms with Crippen LogP contribution in [0.15, 0.2) is 77.7 Å². The van der Waals surface area contributed by atoms with Crippen LogP contribution in [-0.4, -0.2) is 32.6 Å². The smallest absolute Gasteiger partial charge is 0.328 e. The van der Waals surface area contributed by atoms with E-state index < -0.39 is 5.97 Å². The van der Waals surface area contributed by atoms with Gasteiger partial charge in [0.25, 0.3) is 0 Å². The number of carbonyl (C=O) groups is 1. The largest absolute Gasteiger partial charge is 0.508 e. The summed E-state index contributed by atoms with van der Waals surface area (Å²) in [5, 5.41) is 30.4. The van der Waals surface area contributed by atoms with Crippen molar-refractivity contribution in [1.29, 1.82) is 0 Å². The lowest BCUT2D eigenvalue weighted by molar-refractivity contribution is -0.131. The van der Waals surface area contributed by atoms with E-state index in [0.29, 0.717) is 28.8 Å². The zero-order chi connectivity index (χ0) is 26.4. The van der Waals surface area contributed by atoms with Crippen LogP contribution in [-0.2, 0) is 11.2 Å². The Morgan fingerprint density at radius 2 is 1.68 bits per heavy atom. The molecule has 0 saturated heterocycles. The van der Waals surface area contributed by atoms with Crippen molar-refractivity contribution in [1.82, 2.24) is 0 Å². The van der Waals surface area contributed by atoms with E-state index in [1.807, 2.05) is 48.2 Å². The fourth-order valence-corrected chi connectivity index (χ4v) is 8.95. The molecule has 6 atom stereocenters. The number of rotatable bonds is 5. The first-order valence-electron chi connectivity index (χ1n) is 13.6. The molecule has 3 aromatic carbocycles. The van der Waals surface area contributed by atoms with E-state index in [9.17, 15) is 15.0 Å². The molecular formula is C33H34O4S. The van der Waals surface area contributed by atoms with E-state index in [0.717, 1.165) is 54.9 Å². The number of hydrogen-bond acceptors (Lipinski definition) is 4. The third kappa shape index (κ3) is 4.56. The van der Waals surface area contributed by atoms with Crippen LogP contribution < -0.4 is 0 Å². The molecule has 0 bridgehead atoms. The number of carboxylic acids is 1. The predicted molar refractivity (Wildman–Crippen MR) is 152 cm³/mol. The maximum atomic E-state index is 10.9. The molecular weight excluding hydrogens is 492 g/mol. The van der Waals surface area contributed by atoms with Crippen molar-refractivity contribution in [3.63, 3.8) is 0 Å². The topological polar surface area (TPSA) is 77.8 Å². The molecule has 0 spiro atoms. The van der Waals surface area contributed by atoms with Crippen LogP contribution in [0.4, 0.5) is 0 Å². The summed E-state index contributed by atoms with van der Waals surface area (Å²) >= 11 is 1.96. The van der Waals surface area contributed by atoms with Gasteiger partial charge in [-0.15, -0.1) is 11.8 Å². The fourth-order valence-electron chi connectivity index (χ4n) is 7.51. The molecule has 6 rings (SSSR count). The SMILES string of the molecule is CC12CCC3c4ccc(O)cc4CC(Sc4ccc(-c5ccc(/C=C/C(=O)O)cc5)cc4)C3C1CCC2O. The Balaban J connectivity index is 1.26. The van der Waals surface area contributed by atoms with Gasteiger partial charge in [0, 0.05) is 16.2 Å². The van der Waals surface area contributed by atoms with Gasteiger partial charge in [0.15, 0.2) is 0 Å². The van der Waals surface area contributed by atoms with Gasteiger partial charge in [-0.05, 0) is 113 Å². The van der Waals surface area contributed by atoms with E-state index in [2.05, 4.69) is 37.3 Å². The van der Waals surface area contributed by atoms with E-state index >= 15 is 0 Å². The van der Waals surface area contributed by atoms with Crippen LogP contribution in [0, 0.1) is 17.3 Å². The number of thioether (sulfide) groups is 1. The highest BCUT2D eigenvalue weighted by atomic mass is 32.2. The van der Waals surface area contributed by atoms with Crippen LogP contribution in [0.1, 0.15) is 55.2 Å². The highest BCUT2D eigenvalue weighted by Gasteiger charge is 2.56. The Morgan fingerprint density at radius 1 is 0.974 bits per heavy atom. The normalized spacial score (nSPS) is 30.0. The van der Waals surface area contributed by atoms with Gasteiger partial charge in [0.1, 0.15) is 5.75 Å². The van der Waals surface area contributed by atoms with Gasteiger partial charge < -0.3 is 15.3 Å². The summed E-state index contributed by atoms with van der Waals surface area (Å²) in [5.74, 6) is 0.904. The van der Waals surface area contributed by atoms with Crippen molar-refractivity contribution in [2.45, 2.75) is 61.2 Å². The van der Waals surface area contributed by atoms with Crippen molar-refractivity contribution in [2.24, 2.45) is 17.3 Å². The molecule has 3 aliphatic rings. The first-order valence-corrected chi connectivity index (χ1v) is 14.5. The number of phenols is 1. The molecule has 0 aliphatic heterocycles. The van der Waals surface area contributed by atoms with E-state index in [4.69, 9.17) is 5.11 Å². The number of aromatic hydroxyl groups is 1. The lowest BCUT2D eigenvalue weighted by Crippen LogP contribution is -2.48. The number of hydrogen-bond donors (Lipinski definition) is 3. The Bertz CT molecular complexity index is 1360. The molecule has 3 aliphatic carbocycles. The summed E-state index contributed by atoms with van der Waals surface area (Å²) in [7, 11) is 0. The van der Waals surface area contributed by atoms with Gasteiger partial charge >= 0.3 is 5.97 Å². The van der Waals surface area contributed by atoms with Crippen molar-refractivity contribution in [2.75, 3.05) is 0 Å². The monoisotopic (exact) mass is 526 g/mol. The Kier molecular flexibility index (Phi) is 6.61. The molecule has 5 heteroatoms. The first kappa shape index (κ1) is 25.3. The lowest BCUT2D eigenvalue weighted by atomic mass is 9.55. The minimum absolute atomic E-state index is 0.00404. The van der Waals surface area contributed by atoms with Crippen LogP contribution in [0.25, 0.3) is 17.2 Å². The number of phenolic OH excluding ortho intramolecular Hbond substituents is 1. The molecule has 3 aromatic rings. The zero-order valence-electron chi connectivity index (χ0n) is 21.6. The molecule has 0 radical (unpaired) electrons. The Labute approximate surface area is 228 Å². The van der Waals surface area contributed by atoms with Gasteiger partial charge in [-0.1, -0.05) is 49.4 Å². The number of fused-ring (bicyclic) bond motifs is 5. The maximum absolute atomic E-state index is 10.9. The standard InChI is InChI=1S/C33H34O4S/c1-33-17-16-27-26-12-9-24(34)18-23(26)19-29(32(27)28(33)13-14-30(33)35)38-25-10-7-22(8-11-25)21-5-2-20(3-6-21)4-15-31(36)37/h2-12,15,18,27-30,32,34-35H,13-14,16-17,19H2,1H3,(H,36,37)/b15-4+. The van der Waals surface area contributed by atoms with Gasteiger partial charge in [-0.2, -0.15) is 0 Å². The van der Waals surface area contributed by atoms with Crippen LogP contribution in [0.3, 0.4) is 0 Å². The second-order valence-electron chi connectivity index (χ2n) is 11.5. The highest BCUT2D eigenvalue weighted by molar-refractivity contribution is 8.00. The van der Waals surface area contributed by atoms with Crippen LogP contribution in [0.2, 0.25) is 0 Å². The minimum Gasteiger partial charge on any atom is -0.508 e. The molecule has 6 unspecified atom stereocenters. The van der Waals surface area contributed by atoms with E-state index in [1.165, 1.54) is 16.0 Å². The van der Waals surface area contributed by atoms with Gasteiger partial charge in [-0.25, -0.2) is 4.79 Å². The molecule has 3 N–H and O–H groups in total. The second-order valence-corrected chi connectivity index (χ2v) is 12.8. The van der Waals surface area contributed by atoms with Gasteiger partial charge in [-0.3, -0.25) is 0 Å². The molecule has 38 heavy (non-hydrogen) atoms. The van der Waals surface area contributed by atoms with Crippen LogP contribution >= 0.6 is 11.8 Å². The predicted octanol–water partition coefficient (Wildman–Crippen LogP) is 7.14. The second kappa shape index (κ2) is 9.94. The summed E-state index contributed by atoms with van der Waals surface area (Å²) < 4.78 is 0. The number of aliphatic hydroxyl groups excluding tert-OH is 1. The third-order valence-electron chi connectivity index (χ3n) is 9.46. The van der Waals surface area contributed by atoms with Crippen molar-refractivity contribution in [3.8, 4) is 16.9 Å². The lowest BCUT2D eigenvalue weighted by Gasteiger charge is -2.52. The van der Waals surface area contributed by atoms with Gasteiger partial charge in [0.05, 0.1) is 6.10 Å². The molecule has 0 aromatic heterocycles. The van der Waals surface area contributed by atoms with E-state index in [1.54, 1.807) is 6.08 Å². The molecule has 0 heterocycles. The van der Waals surface area contributed by atoms with E-state index in [-0.39, 0.29) is 11.5 Å². The third-order valence-corrected chi connectivity index (χ3v) is 10.8. The minimum atomic E-state index is -0.950. The summed E-state index contributed by atoms with van der Waals surface area (Å²) in [4.78, 5) is 12.0. The molecule has 196 valence electrons. The number of aliphatic hydroxyl groups is 1. The first-order chi connectivity index (χ1) is 18.3. The Hall–Kier alpha value is -3.02. The summed E-state index contributed by atoms with van der Waals surface area (Å²) in [6.45, 7) is 2.32. The summed E-state index contributed by atoms with van der Waals surface area (Å²) in [5.41, 5.74) is 5.77. The molecule has 2 fully saturated rings. The average Bonchev–Trinajstić information content (AvgIpc) is 3.22.